The predicted octanol–water partition coefficient (Wildman–Crippen LogP) is 2.04. The Kier molecular flexibility index (Phi) is 4.13. The lowest BCUT2D eigenvalue weighted by atomic mass is 10.4. The Morgan fingerprint density at radius 1 is 1.41 bits per heavy atom. The van der Waals surface area contributed by atoms with Gasteiger partial charge < -0.3 is 0 Å². The Bertz CT molecular complexity index is 498. The summed E-state index contributed by atoms with van der Waals surface area (Å²) in [6.07, 6.45) is 1.55. The number of hydrazine groups is 1. The van der Waals surface area contributed by atoms with Gasteiger partial charge in [-0.25, -0.2) is 10.8 Å². The van der Waals surface area contributed by atoms with E-state index in [0.29, 0.717) is 4.88 Å². The van der Waals surface area contributed by atoms with Crippen LogP contribution >= 0.6 is 23.1 Å². The number of thioether (sulfide) groups is 1. The highest BCUT2D eigenvalue weighted by atomic mass is 32.2. The number of benzene rings is 1. The van der Waals surface area contributed by atoms with Crippen LogP contribution in [0.2, 0.25) is 0 Å². The van der Waals surface area contributed by atoms with Gasteiger partial charge in [-0.3, -0.25) is 10.2 Å². The maximum Gasteiger partial charge on any atom is 0.276 e. The number of carbonyl (C=O) groups is 1. The number of aromatic nitrogens is 1. The quantitative estimate of drug-likeness (QED) is 0.384. The fraction of sp³-hybridized carbons (Fsp3) is 0.0909. The number of nitrogens with two attached hydrogens (primary N) is 1. The third-order valence-electron chi connectivity index (χ3n) is 2.01. The van der Waals surface area contributed by atoms with Crippen LogP contribution in [0.4, 0.5) is 0 Å². The normalized spacial score (nSPS) is 10.2. The number of nitrogens with one attached hydrogen (secondary N) is 1. The van der Waals surface area contributed by atoms with Crippen molar-refractivity contribution in [1.82, 2.24) is 10.4 Å². The van der Waals surface area contributed by atoms with E-state index in [2.05, 4.69) is 10.4 Å². The summed E-state index contributed by atoms with van der Waals surface area (Å²) in [4.78, 5) is 17.1. The van der Waals surface area contributed by atoms with E-state index in [-0.39, 0.29) is 5.91 Å². The van der Waals surface area contributed by atoms with Gasteiger partial charge in [-0.2, -0.15) is 0 Å². The average molecular weight is 265 g/mol. The van der Waals surface area contributed by atoms with Crippen molar-refractivity contribution in [3.05, 3.63) is 46.4 Å². The number of carbonyl (C=O) groups excluding carboxylic acids is 1. The van der Waals surface area contributed by atoms with Crippen molar-refractivity contribution in [3.63, 3.8) is 0 Å². The number of nitrogen functional groups attached to an aromatic ring is 1. The van der Waals surface area contributed by atoms with Gasteiger partial charge in [0.2, 0.25) is 0 Å². The van der Waals surface area contributed by atoms with E-state index in [1.165, 1.54) is 16.2 Å². The third kappa shape index (κ3) is 3.29. The molecule has 6 heteroatoms. The van der Waals surface area contributed by atoms with E-state index in [9.17, 15) is 4.79 Å². The van der Waals surface area contributed by atoms with Gasteiger partial charge in [-0.1, -0.05) is 18.2 Å². The Morgan fingerprint density at radius 2 is 2.18 bits per heavy atom. The largest absolute Gasteiger partial charge is 0.289 e. The van der Waals surface area contributed by atoms with Crippen molar-refractivity contribution in [3.8, 4) is 0 Å². The maximum absolute atomic E-state index is 11.2. The smallest absolute Gasteiger partial charge is 0.276 e. The highest BCUT2D eigenvalue weighted by Crippen LogP contribution is 2.24. The molecule has 4 nitrogen and oxygen atoms in total. The third-order valence-corrected chi connectivity index (χ3v) is 4.22. The highest BCUT2D eigenvalue weighted by molar-refractivity contribution is 7.98. The summed E-state index contributed by atoms with van der Waals surface area (Å²) in [5.41, 5.74) is 2.09. The van der Waals surface area contributed by atoms with E-state index in [4.69, 9.17) is 5.84 Å². The average Bonchev–Trinajstić information content (AvgIpc) is 2.85. The second kappa shape index (κ2) is 5.81. The molecule has 1 heterocycles. The SMILES string of the molecule is NNC(=O)c1cnc(CSc2ccccc2)s1. The lowest BCUT2D eigenvalue weighted by molar-refractivity contribution is 0.0957. The molecule has 0 radical (unpaired) electrons. The summed E-state index contributed by atoms with van der Waals surface area (Å²) in [6.45, 7) is 0. The predicted molar refractivity (Wildman–Crippen MR) is 69.8 cm³/mol. The van der Waals surface area contributed by atoms with E-state index < -0.39 is 0 Å². The molecule has 0 bridgehead atoms. The van der Waals surface area contributed by atoms with Gasteiger partial charge in [0.05, 0.1) is 11.9 Å². The van der Waals surface area contributed by atoms with Crippen LogP contribution in [0.5, 0.6) is 0 Å². The van der Waals surface area contributed by atoms with Crippen molar-refractivity contribution in [2.45, 2.75) is 10.6 Å². The molecule has 2 rings (SSSR count). The molecule has 0 aliphatic carbocycles. The van der Waals surface area contributed by atoms with Gasteiger partial charge in [-0.05, 0) is 12.1 Å². The number of hydrogen-bond donors (Lipinski definition) is 2. The molecule has 0 atom stereocenters. The molecule has 0 fully saturated rings. The minimum atomic E-state index is -0.293. The fourth-order valence-corrected chi connectivity index (χ4v) is 2.96. The highest BCUT2D eigenvalue weighted by Gasteiger charge is 2.08. The van der Waals surface area contributed by atoms with Crippen molar-refractivity contribution in [2.75, 3.05) is 0 Å². The number of amides is 1. The zero-order chi connectivity index (χ0) is 12.1. The molecule has 88 valence electrons. The van der Waals surface area contributed by atoms with Crippen LogP contribution in [0.15, 0.2) is 41.4 Å². The van der Waals surface area contributed by atoms with Crippen molar-refractivity contribution < 1.29 is 4.79 Å². The van der Waals surface area contributed by atoms with Crippen molar-refractivity contribution >= 4 is 29.0 Å². The summed E-state index contributed by atoms with van der Waals surface area (Å²) >= 11 is 3.05. The Labute approximate surface area is 107 Å². The molecule has 1 aromatic heterocycles. The number of hydrogen-bond acceptors (Lipinski definition) is 5. The molecule has 1 aromatic carbocycles. The van der Waals surface area contributed by atoms with E-state index in [1.54, 1.807) is 18.0 Å². The van der Waals surface area contributed by atoms with Crippen molar-refractivity contribution in [1.29, 1.82) is 0 Å². The summed E-state index contributed by atoms with van der Waals surface area (Å²) in [7, 11) is 0. The first kappa shape index (κ1) is 12.1. The first-order chi connectivity index (χ1) is 8.29. The topological polar surface area (TPSA) is 68.0 Å². The minimum absolute atomic E-state index is 0.293. The Hall–Kier alpha value is -1.37. The molecule has 0 aliphatic rings. The lowest BCUT2D eigenvalue weighted by Crippen LogP contribution is -2.29. The van der Waals surface area contributed by atoms with E-state index in [0.717, 1.165) is 10.8 Å². The lowest BCUT2D eigenvalue weighted by Gasteiger charge is -1.97. The molecule has 0 aliphatic heterocycles. The summed E-state index contributed by atoms with van der Waals surface area (Å²) in [6, 6.07) is 10.1. The Morgan fingerprint density at radius 3 is 2.88 bits per heavy atom. The van der Waals surface area contributed by atoms with Crippen LogP contribution in [0.3, 0.4) is 0 Å². The van der Waals surface area contributed by atoms with Gasteiger partial charge in [0.1, 0.15) is 9.88 Å². The molecule has 0 saturated carbocycles. The molecule has 1 amide bonds. The summed E-state index contributed by atoms with van der Waals surface area (Å²) in [5, 5.41) is 0.914. The first-order valence-corrected chi connectivity index (χ1v) is 6.73. The van der Waals surface area contributed by atoms with Gasteiger partial charge in [0.15, 0.2) is 0 Å². The molecular formula is C11H11N3OS2. The van der Waals surface area contributed by atoms with Crippen LogP contribution in [-0.4, -0.2) is 10.9 Å². The van der Waals surface area contributed by atoms with Crippen molar-refractivity contribution in [2.24, 2.45) is 5.84 Å². The minimum Gasteiger partial charge on any atom is -0.289 e. The standard InChI is InChI=1S/C11H11N3OS2/c12-14-11(15)9-6-13-10(17-9)7-16-8-4-2-1-3-5-8/h1-6H,7,12H2,(H,14,15). The monoisotopic (exact) mass is 265 g/mol. The van der Waals surface area contributed by atoms with Gasteiger partial charge in [-0.15, -0.1) is 23.1 Å². The van der Waals surface area contributed by atoms with Gasteiger partial charge in [0, 0.05) is 4.90 Å². The second-order valence-electron chi connectivity index (χ2n) is 3.19. The maximum atomic E-state index is 11.2. The summed E-state index contributed by atoms with van der Waals surface area (Å²) in [5.74, 6) is 5.52. The number of thiazole rings is 1. The molecule has 0 unspecified atom stereocenters. The Balaban J connectivity index is 1.96. The molecule has 2 aromatic rings. The van der Waals surface area contributed by atoms with Gasteiger partial charge >= 0.3 is 0 Å². The van der Waals surface area contributed by atoms with Gasteiger partial charge in [0.25, 0.3) is 5.91 Å². The second-order valence-corrected chi connectivity index (χ2v) is 5.36. The zero-order valence-electron chi connectivity index (χ0n) is 8.92. The van der Waals surface area contributed by atoms with Crippen LogP contribution in [0.25, 0.3) is 0 Å². The van der Waals surface area contributed by atoms with Crippen LogP contribution in [0, 0.1) is 0 Å². The molecule has 0 saturated heterocycles. The van der Waals surface area contributed by atoms with E-state index in [1.807, 2.05) is 30.3 Å². The van der Waals surface area contributed by atoms with E-state index >= 15 is 0 Å². The molecule has 0 spiro atoms. The van der Waals surface area contributed by atoms with Crippen LogP contribution in [-0.2, 0) is 5.75 Å². The molecule has 3 N–H and O–H groups in total. The summed E-state index contributed by atoms with van der Waals surface area (Å²) < 4.78 is 0. The fourth-order valence-electron chi connectivity index (χ4n) is 1.21. The van der Waals surface area contributed by atoms with Crippen LogP contribution in [0.1, 0.15) is 14.7 Å². The first-order valence-electron chi connectivity index (χ1n) is 4.93. The number of nitrogens with zero attached hydrogens (tertiary/aromatic N) is 1. The van der Waals surface area contributed by atoms with Crippen LogP contribution < -0.4 is 11.3 Å². The molecular weight excluding hydrogens is 254 g/mol. The zero-order valence-corrected chi connectivity index (χ0v) is 10.6. The number of rotatable bonds is 4. The molecule has 17 heavy (non-hydrogen) atoms.